The smallest absolute Gasteiger partial charge is 0.0326 e. The van der Waals surface area contributed by atoms with Gasteiger partial charge in [0.1, 0.15) is 0 Å². The minimum absolute atomic E-state index is 0.488. The summed E-state index contributed by atoms with van der Waals surface area (Å²) in [7, 11) is 0. The van der Waals surface area contributed by atoms with Gasteiger partial charge in [0.05, 0.1) is 0 Å². The van der Waals surface area contributed by atoms with E-state index >= 15 is 0 Å². The Labute approximate surface area is 104 Å². The summed E-state index contributed by atoms with van der Waals surface area (Å²) in [6, 6.07) is 0. The van der Waals surface area contributed by atoms with E-state index < -0.39 is 0 Å². The molecule has 0 aliphatic rings. The zero-order chi connectivity index (χ0) is 13.0. The molecule has 0 rings (SSSR count). The van der Waals surface area contributed by atoms with Crippen LogP contribution in [0.4, 0.5) is 0 Å². The lowest BCUT2D eigenvalue weighted by molar-refractivity contribution is 0.124. The van der Waals surface area contributed by atoms with Gasteiger partial charge in [-0.25, -0.2) is 0 Å². The summed E-state index contributed by atoms with van der Waals surface area (Å²) in [5.74, 6) is 1.67. The summed E-state index contributed by atoms with van der Waals surface area (Å²) >= 11 is 0. The van der Waals surface area contributed by atoms with E-state index in [-0.39, 0.29) is 0 Å². The zero-order valence-corrected chi connectivity index (χ0v) is 13.0. The average molecular weight is 226 g/mol. The Bertz CT molecular complexity index is 188. The fourth-order valence-corrected chi connectivity index (χ4v) is 2.19. The van der Waals surface area contributed by atoms with Crippen molar-refractivity contribution in [2.24, 2.45) is 22.7 Å². The van der Waals surface area contributed by atoms with Crippen LogP contribution in [0, 0.1) is 22.7 Å². The Morgan fingerprint density at radius 3 is 1.75 bits per heavy atom. The molecular formula is C16H34. The van der Waals surface area contributed by atoms with Gasteiger partial charge in [0, 0.05) is 0 Å². The van der Waals surface area contributed by atoms with Gasteiger partial charge < -0.3 is 0 Å². The summed E-state index contributed by atoms with van der Waals surface area (Å²) < 4.78 is 0. The molecule has 0 nitrogen and oxygen atoms in total. The van der Waals surface area contributed by atoms with Crippen LogP contribution in [0.5, 0.6) is 0 Å². The maximum Gasteiger partial charge on any atom is -0.0326 e. The normalized spacial score (nSPS) is 17.2. The molecule has 0 N–H and O–H groups in total. The number of hydrogen-bond acceptors (Lipinski definition) is 0. The third kappa shape index (κ3) is 4.89. The minimum atomic E-state index is 0.488. The molecule has 0 heterocycles. The van der Waals surface area contributed by atoms with Gasteiger partial charge in [-0.3, -0.25) is 0 Å². The zero-order valence-electron chi connectivity index (χ0n) is 13.0. The molecule has 0 aromatic rings. The van der Waals surface area contributed by atoms with Crippen molar-refractivity contribution in [1.29, 1.82) is 0 Å². The van der Waals surface area contributed by atoms with Crippen LogP contribution in [0.2, 0.25) is 0 Å². The van der Waals surface area contributed by atoms with Crippen molar-refractivity contribution in [2.75, 3.05) is 0 Å². The molecule has 0 saturated heterocycles. The molecule has 2 atom stereocenters. The van der Waals surface area contributed by atoms with Gasteiger partial charge in [0.25, 0.3) is 0 Å². The van der Waals surface area contributed by atoms with E-state index in [0.717, 1.165) is 11.8 Å². The van der Waals surface area contributed by atoms with Crippen LogP contribution in [-0.2, 0) is 0 Å². The van der Waals surface area contributed by atoms with E-state index in [9.17, 15) is 0 Å². The first-order chi connectivity index (χ1) is 7.16. The highest BCUT2D eigenvalue weighted by Crippen LogP contribution is 2.41. The van der Waals surface area contributed by atoms with Crippen molar-refractivity contribution in [2.45, 2.75) is 81.1 Å². The Kier molecular flexibility index (Phi) is 6.07. The van der Waals surface area contributed by atoms with Crippen molar-refractivity contribution in [3.8, 4) is 0 Å². The maximum absolute atomic E-state index is 2.45. The Morgan fingerprint density at radius 1 is 0.875 bits per heavy atom. The van der Waals surface area contributed by atoms with E-state index in [1.165, 1.54) is 25.7 Å². The number of rotatable bonds is 7. The summed E-state index contributed by atoms with van der Waals surface area (Å²) in [4.78, 5) is 0. The maximum atomic E-state index is 2.45. The predicted octanol–water partition coefficient (Wildman–Crippen LogP) is 5.91. The molecule has 0 radical (unpaired) electrons. The van der Waals surface area contributed by atoms with Gasteiger partial charge in [-0.2, -0.15) is 0 Å². The fraction of sp³-hybridized carbons (Fsp3) is 1.00. The molecule has 0 aromatic carbocycles. The van der Waals surface area contributed by atoms with Crippen molar-refractivity contribution < 1.29 is 0 Å². The SMILES string of the molecule is CCC(C)C(C)C(C)(C)CCC(C)(C)CC. The summed E-state index contributed by atoms with van der Waals surface area (Å²) in [6.45, 7) is 19.2. The largest absolute Gasteiger partial charge is 0.0651 e. The first-order valence-electron chi connectivity index (χ1n) is 7.16. The second-order valence-electron chi connectivity index (χ2n) is 7.18. The van der Waals surface area contributed by atoms with Crippen molar-refractivity contribution in [3.63, 3.8) is 0 Å². The molecule has 0 heteroatoms. The molecule has 0 fully saturated rings. The summed E-state index contributed by atoms with van der Waals surface area (Å²) in [5, 5.41) is 0. The Hall–Kier alpha value is 0. The van der Waals surface area contributed by atoms with Gasteiger partial charge in [0.2, 0.25) is 0 Å². The quantitative estimate of drug-likeness (QED) is 0.506. The van der Waals surface area contributed by atoms with Crippen LogP contribution in [0.1, 0.15) is 81.1 Å². The lowest BCUT2D eigenvalue weighted by atomic mass is 9.68. The Balaban J connectivity index is 4.34. The standard InChI is InChI=1S/C16H34/c1-9-13(3)14(4)16(7,8)12-11-15(5,6)10-2/h13-14H,9-12H2,1-8H3. The monoisotopic (exact) mass is 226 g/mol. The van der Waals surface area contributed by atoms with Gasteiger partial charge in [0.15, 0.2) is 0 Å². The van der Waals surface area contributed by atoms with Gasteiger partial charge in [-0.15, -0.1) is 0 Å². The highest BCUT2D eigenvalue weighted by molar-refractivity contribution is 4.81. The molecule has 0 aliphatic heterocycles. The van der Waals surface area contributed by atoms with Crippen molar-refractivity contribution in [1.82, 2.24) is 0 Å². The molecule has 0 spiro atoms. The average Bonchev–Trinajstić information content (AvgIpc) is 2.24. The van der Waals surface area contributed by atoms with Crippen LogP contribution < -0.4 is 0 Å². The lowest BCUT2D eigenvalue weighted by Crippen LogP contribution is -2.28. The van der Waals surface area contributed by atoms with Gasteiger partial charge in [-0.1, -0.05) is 68.2 Å². The van der Waals surface area contributed by atoms with E-state index in [0.29, 0.717) is 10.8 Å². The van der Waals surface area contributed by atoms with Gasteiger partial charge in [-0.05, 0) is 35.5 Å². The first kappa shape index (κ1) is 16.0. The van der Waals surface area contributed by atoms with E-state index in [1.54, 1.807) is 0 Å². The molecule has 0 amide bonds. The van der Waals surface area contributed by atoms with Gasteiger partial charge >= 0.3 is 0 Å². The molecule has 16 heavy (non-hydrogen) atoms. The van der Waals surface area contributed by atoms with E-state index in [1.807, 2.05) is 0 Å². The third-order valence-corrected chi connectivity index (χ3v) is 5.13. The summed E-state index contributed by atoms with van der Waals surface area (Å²) in [6.07, 6.45) is 5.32. The summed E-state index contributed by atoms with van der Waals surface area (Å²) in [5.41, 5.74) is 1.01. The Morgan fingerprint density at radius 2 is 1.38 bits per heavy atom. The lowest BCUT2D eigenvalue weighted by Gasteiger charge is -2.38. The topological polar surface area (TPSA) is 0 Å². The molecule has 98 valence electrons. The van der Waals surface area contributed by atoms with Crippen molar-refractivity contribution in [3.05, 3.63) is 0 Å². The minimum Gasteiger partial charge on any atom is -0.0651 e. The van der Waals surface area contributed by atoms with Crippen LogP contribution in [0.25, 0.3) is 0 Å². The molecule has 0 bridgehead atoms. The van der Waals surface area contributed by atoms with E-state index in [4.69, 9.17) is 0 Å². The predicted molar refractivity (Wildman–Crippen MR) is 75.7 cm³/mol. The molecule has 0 aliphatic carbocycles. The highest BCUT2D eigenvalue weighted by Gasteiger charge is 2.30. The first-order valence-corrected chi connectivity index (χ1v) is 7.16. The van der Waals surface area contributed by atoms with Crippen LogP contribution in [0.15, 0.2) is 0 Å². The second-order valence-corrected chi connectivity index (χ2v) is 7.18. The van der Waals surface area contributed by atoms with Crippen LogP contribution >= 0.6 is 0 Å². The highest BCUT2D eigenvalue weighted by atomic mass is 14.4. The van der Waals surface area contributed by atoms with E-state index in [2.05, 4.69) is 55.4 Å². The molecule has 0 saturated carbocycles. The molecule has 2 unspecified atom stereocenters. The third-order valence-electron chi connectivity index (χ3n) is 5.13. The second kappa shape index (κ2) is 6.07. The number of hydrogen-bond donors (Lipinski definition) is 0. The van der Waals surface area contributed by atoms with Crippen LogP contribution in [-0.4, -0.2) is 0 Å². The van der Waals surface area contributed by atoms with Crippen LogP contribution in [0.3, 0.4) is 0 Å². The molecule has 0 aromatic heterocycles. The van der Waals surface area contributed by atoms with Crippen molar-refractivity contribution >= 4 is 0 Å². The molecular weight excluding hydrogens is 192 g/mol. The fourth-order valence-electron chi connectivity index (χ4n) is 2.19.